The van der Waals surface area contributed by atoms with Crippen LogP contribution in [-0.2, 0) is 0 Å². The highest BCUT2D eigenvalue weighted by molar-refractivity contribution is 4.79. The quantitative estimate of drug-likeness (QED) is 0.426. The van der Waals surface area contributed by atoms with E-state index < -0.39 is 0 Å². The van der Waals surface area contributed by atoms with Crippen LogP contribution in [0, 0.1) is 17.8 Å². The molecular weight excluding hydrogens is 228 g/mol. The summed E-state index contributed by atoms with van der Waals surface area (Å²) in [5.41, 5.74) is 0. The summed E-state index contributed by atoms with van der Waals surface area (Å²) >= 11 is 0. The molecule has 1 atom stereocenters. The molecule has 0 aromatic rings. The zero-order valence-corrected chi connectivity index (χ0v) is 13.3. The molecule has 0 nitrogen and oxygen atoms in total. The highest BCUT2D eigenvalue weighted by Gasteiger charge is 2.27. The summed E-state index contributed by atoms with van der Waals surface area (Å²) in [6.45, 7) is 2.33. The number of hydrogen-bond donors (Lipinski definition) is 0. The molecule has 0 heterocycles. The zero-order chi connectivity index (χ0) is 13.3. The van der Waals surface area contributed by atoms with Gasteiger partial charge in [0.25, 0.3) is 0 Å². The second kappa shape index (κ2) is 9.03. The van der Waals surface area contributed by atoms with Crippen LogP contribution >= 0.6 is 0 Å². The molecule has 2 saturated carbocycles. The van der Waals surface area contributed by atoms with Gasteiger partial charge >= 0.3 is 0 Å². The Morgan fingerprint density at radius 2 is 1.47 bits per heavy atom. The summed E-state index contributed by atoms with van der Waals surface area (Å²) in [6.07, 6.45) is 22.9. The van der Waals surface area contributed by atoms with Gasteiger partial charge in [-0.05, 0) is 24.2 Å². The van der Waals surface area contributed by atoms with E-state index in [4.69, 9.17) is 0 Å². The molecule has 2 aliphatic rings. The van der Waals surface area contributed by atoms with Crippen molar-refractivity contribution >= 4 is 0 Å². The molecule has 0 heteroatoms. The van der Waals surface area contributed by atoms with Crippen molar-refractivity contribution in [3.05, 3.63) is 0 Å². The first-order valence-electron chi connectivity index (χ1n) is 9.40. The summed E-state index contributed by atoms with van der Waals surface area (Å²) in [5.74, 6) is 3.32. The van der Waals surface area contributed by atoms with E-state index in [1.54, 1.807) is 38.5 Å². The van der Waals surface area contributed by atoms with Crippen LogP contribution in [0.4, 0.5) is 0 Å². The number of rotatable bonds is 8. The van der Waals surface area contributed by atoms with Crippen LogP contribution in [0.15, 0.2) is 0 Å². The van der Waals surface area contributed by atoms with E-state index in [0.29, 0.717) is 0 Å². The average Bonchev–Trinajstić information content (AvgIpc) is 2.97. The molecule has 0 aromatic heterocycles. The van der Waals surface area contributed by atoms with Gasteiger partial charge in [0.15, 0.2) is 0 Å². The first kappa shape index (κ1) is 15.4. The van der Waals surface area contributed by atoms with Crippen LogP contribution in [0.5, 0.6) is 0 Å². The highest BCUT2D eigenvalue weighted by Crippen LogP contribution is 2.40. The lowest BCUT2D eigenvalue weighted by atomic mass is 9.76. The van der Waals surface area contributed by atoms with Crippen molar-refractivity contribution in [3.8, 4) is 0 Å². The van der Waals surface area contributed by atoms with Crippen molar-refractivity contribution < 1.29 is 0 Å². The van der Waals surface area contributed by atoms with Gasteiger partial charge in [-0.25, -0.2) is 0 Å². The summed E-state index contributed by atoms with van der Waals surface area (Å²) in [5, 5.41) is 0. The van der Waals surface area contributed by atoms with Gasteiger partial charge in [0.1, 0.15) is 0 Å². The van der Waals surface area contributed by atoms with Gasteiger partial charge in [-0.1, -0.05) is 96.8 Å². The second-order valence-corrected chi connectivity index (χ2v) is 7.39. The summed E-state index contributed by atoms with van der Waals surface area (Å²) < 4.78 is 0. The minimum atomic E-state index is 1.10. The van der Waals surface area contributed by atoms with E-state index in [9.17, 15) is 0 Å². The fraction of sp³-hybridized carbons (Fsp3) is 1.00. The lowest BCUT2D eigenvalue weighted by Gasteiger charge is -2.30. The Labute approximate surface area is 121 Å². The third-order valence-corrected chi connectivity index (χ3v) is 5.86. The predicted molar refractivity (Wildman–Crippen MR) is 85.4 cm³/mol. The van der Waals surface area contributed by atoms with E-state index in [2.05, 4.69) is 6.92 Å². The van der Waals surface area contributed by atoms with Crippen LogP contribution in [0.3, 0.4) is 0 Å². The van der Waals surface area contributed by atoms with E-state index in [0.717, 1.165) is 17.8 Å². The van der Waals surface area contributed by atoms with Crippen molar-refractivity contribution in [1.29, 1.82) is 0 Å². The molecule has 0 bridgehead atoms. The highest BCUT2D eigenvalue weighted by atomic mass is 14.3. The molecule has 2 fully saturated rings. The molecule has 0 radical (unpaired) electrons. The molecule has 0 saturated heterocycles. The molecule has 112 valence electrons. The second-order valence-electron chi connectivity index (χ2n) is 7.39. The third-order valence-electron chi connectivity index (χ3n) is 5.86. The molecule has 1 unspecified atom stereocenters. The first-order valence-corrected chi connectivity index (χ1v) is 9.40. The van der Waals surface area contributed by atoms with Gasteiger partial charge in [0.05, 0.1) is 0 Å². The van der Waals surface area contributed by atoms with E-state index in [-0.39, 0.29) is 0 Å². The Morgan fingerprint density at radius 1 is 0.789 bits per heavy atom. The maximum Gasteiger partial charge on any atom is -0.0383 e. The first-order chi connectivity index (χ1) is 9.40. The summed E-state index contributed by atoms with van der Waals surface area (Å²) in [6, 6.07) is 0. The topological polar surface area (TPSA) is 0 Å². The summed E-state index contributed by atoms with van der Waals surface area (Å²) in [4.78, 5) is 0. The monoisotopic (exact) mass is 264 g/mol. The van der Waals surface area contributed by atoms with Crippen LogP contribution in [-0.4, -0.2) is 0 Å². The molecular formula is C19H36. The van der Waals surface area contributed by atoms with E-state index in [1.165, 1.54) is 57.8 Å². The van der Waals surface area contributed by atoms with E-state index in [1.807, 2.05) is 0 Å². The molecule has 0 amide bonds. The van der Waals surface area contributed by atoms with Crippen LogP contribution < -0.4 is 0 Å². The Kier molecular flexibility index (Phi) is 7.32. The Bertz CT molecular complexity index is 208. The zero-order valence-electron chi connectivity index (χ0n) is 13.3. The van der Waals surface area contributed by atoms with Crippen molar-refractivity contribution in [3.63, 3.8) is 0 Å². The van der Waals surface area contributed by atoms with Gasteiger partial charge in [0, 0.05) is 0 Å². The SMILES string of the molecule is CCCCCCC(CC1CCCCC1)C1CCCC1. The minimum absolute atomic E-state index is 1.10. The number of unbranched alkanes of at least 4 members (excludes halogenated alkanes) is 3. The van der Waals surface area contributed by atoms with Gasteiger partial charge < -0.3 is 0 Å². The van der Waals surface area contributed by atoms with Crippen molar-refractivity contribution in [2.24, 2.45) is 17.8 Å². The fourth-order valence-electron chi connectivity index (χ4n) is 4.66. The molecule has 0 aliphatic heterocycles. The predicted octanol–water partition coefficient (Wildman–Crippen LogP) is 6.73. The molecule has 0 N–H and O–H groups in total. The summed E-state index contributed by atoms with van der Waals surface area (Å²) in [7, 11) is 0. The Balaban J connectivity index is 1.75. The maximum atomic E-state index is 2.33. The van der Waals surface area contributed by atoms with Crippen LogP contribution in [0.1, 0.15) is 103 Å². The van der Waals surface area contributed by atoms with Crippen molar-refractivity contribution in [1.82, 2.24) is 0 Å². The standard InChI is InChI=1S/C19H36/c1-2-3-4-8-15-19(18-13-9-10-14-18)16-17-11-6-5-7-12-17/h17-19H,2-16H2,1H3. The largest absolute Gasteiger partial charge is 0.0654 e. The normalized spacial score (nSPS) is 23.8. The van der Waals surface area contributed by atoms with E-state index >= 15 is 0 Å². The van der Waals surface area contributed by atoms with Crippen LogP contribution in [0.2, 0.25) is 0 Å². The third kappa shape index (κ3) is 5.48. The molecule has 0 aromatic carbocycles. The lowest BCUT2D eigenvalue weighted by molar-refractivity contribution is 0.216. The van der Waals surface area contributed by atoms with Gasteiger partial charge in [-0.3, -0.25) is 0 Å². The van der Waals surface area contributed by atoms with Crippen LogP contribution in [0.25, 0.3) is 0 Å². The molecule has 19 heavy (non-hydrogen) atoms. The molecule has 2 rings (SSSR count). The molecule has 2 aliphatic carbocycles. The maximum absolute atomic E-state index is 2.33. The fourth-order valence-corrected chi connectivity index (χ4v) is 4.66. The van der Waals surface area contributed by atoms with Crippen molar-refractivity contribution in [2.45, 2.75) is 103 Å². The van der Waals surface area contributed by atoms with Crippen molar-refractivity contribution in [2.75, 3.05) is 0 Å². The van der Waals surface area contributed by atoms with Gasteiger partial charge in [-0.2, -0.15) is 0 Å². The Morgan fingerprint density at radius 3 is 2.16 bits per heavy atom. The minimum Gasteiger partial charge on any atom is -0.0654 e. The number of hydrogen-bond acceptors (Lipinski definition) is 0. The lowest BCUT2D eigenvalue weighted by Crippen LogP contribution is -2.18. The van der Waals surface area contributed by atoms with Gasteiger partial charge in [-0.15, -0.1) is 0 Å². The Hall–Kier alpha value is 0. The average molecular weight is 264 g/mol. The van der Waals surface area contributed by atoms with Gasteiger partial charge in [0.2, 0.25) is 0 Å². The molecule has 0 spiro atoms. The smallest absolute Gasteiger partial charge is 0.0383 e.